The number of ether oxygens (including phenoxy) is 2. The van der Waals surface area contributed by atoms with Crippen molar-refractivity contribution in [3.05, 3.63) is 64.8 Å². The molecule has 3 aromatic rings. The maximum Gasteiger partial charge on any atom is 0.336 e. The fourth-order valence-corrected chi connectivity index (χ4v) is 3.92. The van der Waals surface area contributed by atoms with Crippen molar-refractivity contribution in [3.63, 3.8) is 0 Å². The van der Waals surface area contributed by atoms with Crippen molar-refractivity contribution in [2.75, 3.05) is 20.4 Å². The number of fused-ring (bicyclic) bond motifs is 3. The number of benzene rings is 2. The zero-order valence-electron chi connectivity index (χ0n) is 15.3. The largest absolute Gasteiger partial charge is 0.478 e. The highest BCUT2D eigenvalue weighted by Gasteiger charge is 2.27. The summed E-state index contributed by atoms with van der Waals surface area (Å²) < 4.78 is 10.9. The monoisotopic (exact) mass is 374 g/mol. The number of aromatic carboxylic acids is 1. The van der Waals surface area contributed by atoms with Crippen molar-refractivity contribution in [2.24, 2.45) is 0 Å². The Morgan fingerprint density at radius 3 is 2.82 bits per heavy atom. The van der Waals surface area contributed by atoms with Crippen LogP contribution >= 0.6 is 0 Å². The van der Waals surface area contributed by atoms with Crippen molar-refractivity contribution >= 4 is 28.5 Å². The average Bonchev–Trinajstić information content (AvgIpc) is 3.14. The number of carboxylic acids is 1. The zero-order valence-corrected chi connectivity index (χ0v) is 15.3. The van der Waals surface area contributed by atoms with Gasteiger partial charge in [0.05, 0.1) is 16.8 Å². The number of carboxylic acid groups (broad SMARTS) is 1. The fourth-order valence-electron chi connectivity index (χ4n) is 3.92. The predicted octanol–water partition coefficient (Wildman–Crippen LogP) is 3.65. The molecule has 6 heteroatoms. The first kappa shape index (κ1) is 16.8. The summed E-state index contributed by atoms with van der Waals surface area (Å²) in [6, 6.07) is 13.2. The van der Waals surface area contributed by atoms with Crippen LogP contribution in [0.4, 0.5) is 0 Å². The molecule has 1 aromatic heterocycles. The normalized spacial score (nSPS) is 17.1. The van der Waals surface area contributed by atoms with Gasteiger partial charge < -0.3 is 14.6 Å². The minimum Gasteiger partial charge on any atom is -0.478 e. The molecule has 0 radical (unpaired) electrons. The molecular weight excluding hydrogens is 356 g/mol. The summed E-state index contributed by atoms with van der Waals surface area (Å²) in [5.41, 5.74) is 4.49. The van der Waals surface area contributed by atoms with Crippen molar-refractivity contribution in [3.8, 4) is 11.5 Å². The van der Waals surface area contributed by atoms with Crippen LogP contribution in [0, 0.1) is 0 Å². The molecule has 140 valence electrons. The van der Waals surface area contributed by atoms with E-state index in [-0.39, 0.29) is 6.79 Å². The number of likely N-dealkylation sites (N-methyl/N-ethyl adjacent to an activating group) is 1. The number of nitrogens with zero attached hydrogens (tertiary/aromatic N) is 2. The number of hydrogen-bond acceptors (Lipinski definition) is 5. The average molecular weight is 374 g/mol. The van der Waals surface area contributed by atoms with Crippen LogP contribution in [0.15, 0.2) is 42.5 Å². The quantitative estimate of drug-likeness (QED) is 0.738. The summed E-state index contributed by atoms with van der Waals surface area (Å²) in [5, 5.41) is 10.6. The standard InChI is InChI=1S/C22H18N2O4/c1-24-10-14(8-13-6-7-18-19(9-13)28-12-27-18)21-16(11-24)20(22(25)26)15-4-2-3-5-17(15)23-21/h2-9H,10-12H2,1H3,(H,25,26). The van der Waals surface area contributed by atoms with Gasteiger partial charge in [0.25, 0.3) is 0 Å². The molecule has 28 heavy (non-hydrogen) atoms. The lowest BCUT2D eigenvalue weighted by molar-refractivity contribution is 0.0696. The first-order valence-electron chi connectivity index (χ1n) is 9.04. The molecule has 2 aliphatic rings. The Bertz CT molecular complexity index is 1150. The van der Waals surface area contributed by atoms with Crippen LogP contribution in [-0.4, -0.2) is 41.3 Å². The van der Waals surface area contributed by atoms with Crippen LogP contribution in [0.1, 0.15) is 27.2 Å². The van der Waals surface area contributed by atoms with E-state index in [1.54, 1.807) is 0 Å². The third-order valence-corrected chi connectivity index (χ3v) is 5.12. The number of para-hydroxylation sites is 1. The van der Waals surface area contributed by atoms with Gasteiger partial charge in [-0.25, -0.2) is 9.78 Å². The Morgan fingerprint density at radius 1 is 1.14 bits per heavy atom. The van der Waals surface area contributed by atoms with E-state index < -0.39 is 5.97 Å². The summed E-state index contributed by atoms with van der Waals surface area (Å²) >= 11 is 0. The van der Waals surface area contributed by atoms with E-state index in [1.165, 1.54) is 0 Å². The molecule has 0 saturated heterocycles. The zero-order chi connectivity index (χ0) is 19.3. The van der Waals surface area contributed by atoms with Crippen LogP contribution in [-0.2, 0) is 6.54 Å². The lowest BCUT2D eigenvalue weighted by Crippen LogP contribution is -2.28. The molecule has 6 nitrogen and oxygen atoms in total. The molecule has 0 bridgehead atoms. The first-order valence-corrected chi connectivity index (χ1v) is 9.04. The van der Waals surface area contributed by atoms with Crippen LogP contribution in [0.2, 0.25) is 0 Å². The second-order valence-electron chi connectivity index (χ2n) is 7.09. The molecule has 0 unspecified atom stereocenters. The highest BCUT2D eigenvalue weighted by Crippen LogP contribution is 2.36. The van der Waals surface area contributed by atoms with Gasteiger partial charge >= 0.3 is 5.97 Å². The van der Waals surface area contributed by atoms with Gasteiger partial charge in [0.15, 0.2) is 11.5 Å². The van der Waals surface area contributed by atoms with Crippen LogP contribution in [0.5, 0.6) is 11.5 Å². The number of carbonyl (C=O) groups is 1. The molecule has 5 rings (SSSR count). The van der Waals surface area contributed by atoms with Gasteiger partial charge in [-0.05, 0) is 42.5 Å². The van der Waals surface area contributed by atoms with Crippen LogP contribution < -0.4 is 9.47 Å². The minimum absolute atomic E-state index is 0.233. The molecule has 3 heterocycles. The highest BCUT2D eigenvalue weighted by molar-refractivity contribution is 6.06. The maximum absolute atomic E-state index is 12.1. The van der Waals surface area contributed by atoms with Crippen LogP contribution in [0.25, 0.3) is 22.6 Å². The third-order valence-electron chi connectivity index (χ3n) is 5.12. The van der Waals surface area contributed by atoms with E-state index in [4.69, 9.17) is 14.5 Å². The van der Waals surface area contributed by atoms with Crippen LogP contribution in [0.3, 0.4) is 0 Å². The highest BCUT2D eigenvalue weighted by atomic mass is 16.7. The summed E-state index contributed by atoms with van der Waals surface area (Å²) in [6.07, 6.45) is 2.05. The van der Waals surface area contributed by atoms with Gasteiger partial charge in [-0.15, -0.1) is 0 Å². The topological polar surface area (TPSA) is 71.9 Å². The Hall–Kier alpha value is -3.38. The SMILES string of the molecule is CN1CC(=Cc2ccc3c(c2)OCO3)c2nc3ccccc3c(C(=O)O)c2C1. The Labute approximate surface area is 161 Å². The molecule has 1 N–H and O–H groups in total. The molecule has 0 amide bonds. The van der Waals surface area contributed by atoms with E-state index in [0.717, 1.165) is 33.9 Å². The van der Waals surface area contributed by atoms with Gasteiger partial charge in [-0.2, -0.15) is 0 Å². The summed E-state index contributed by atoms with van der Waals surface area (Å²) in [4.78, 5) is 19.0. The second kappa shape index (κ2) is 6.35. The fraction of sp³-hybridized carbons (Fsp3) is 0.182. The van der Waals surface area contributed by atoms with E-state index in [2.05, 4.69) is 4.90 Å². The number of pyridine rings is 1. The smallest absolute Gasteiger partial charge is 0.336 e. The Morgan fingerprint density at radius 2 is 1.96 bits per heavy atom. The lowest BCUT2D eigenvalue weighted by Gasteiger charge is -2.28. The molecule has 2 aromatic carbocycles. The van der Waals surface area contributed by atoms with Crippen molar-refractivity contribution in [1.29, 1.82) is 0 Å². The maximum atomic E-state index is 12.1. The van der Waals surface area contributed by atoms with E-state index >= 15 is 0 Å². The van der Waals surface area contributed by atoms with Gasteiger partial charge in [0.1, 0.15) is 0 Å². The summed E-state index contributed by atoms with van der Waals surface area (Å²) in [5.74, 6) is 0.532. The van der Waals surface area contributed by atoms with E-state index in [1.807, 2.05) is 55.6 Å². The van der Waals surface area contributed by atoms with E-state index in [0.29, 0.717) is 29.6 Å². The molecule has 0 aliphatic carbocycles. The van der Waals surface area contributed by atoms with Crippen molar-refractivity contribution < 1.29 is 19.4 Å². The summed E-state index contributed by atoms with van der Waals surface area (Å²) in [7, 11) is 1.98. The van der Waals surface area contributed by atoms with Gasteiger partial charge in [0, 0.05) is 24.0 Å². The Balaban J connectivity index is 1.71. The van der Waals surface area contributed by atoms with Crippen molar-refractivity contribution in [2.45, 2.75) is 6.54 Å². The van der Waals surface area contributed by atoms with E-state index in [9.17, 15) is 9.90 Å². The summed E-state index contributed by atoms with van der Waals surface area (Å²) in [6.45, 7) is 1.47. The number of aromatic nitrogens is 1. The third kappa shape index (κ3) is 2.70. The van der Waals surface area contributed by atoms with Gasteiger partial charge in [0.2, 0.25) is 6.79 Å². The molecule has 0 saturated carbocycles. The molecular formula is C22H18N2O4. The molecule has 2 aliphatic heterocycles. The molecule has 0 spiro atoms. The minimum atomic E-state index is -0.924. The van der Waals surface area contributed by atoms with Gasteiger partial charge in [-0.3, -0.25) is 4.90 Å². The lowest BCUT2D eigenvalue weighted by atomic mass is 9.92. The molecule has 0 atom stereocenters. The second-order valence-corrected chi connectivity index (χ2v) is 7.09. The van der Waals surface area contributed by atoms with Gasteiger partial charge in [-0.1, -0.05) is 24.3 Å². The Kier molecular flexibility index (Phi) is 3.80. The number of hydrogen-bond donors (Lipinski definition) is 1. The van der Waals surface area contributed by atoms with Crippen molar-refractivity contribution in [1.82, 2.24) is 9.88 Å². The first-order chi connectivity index (χ1) is 13.6. The number of rotatable bonds is 2. The molecule has 0 fully saturated rings. The predicted molar refractivity (Wildman–Crippen MR) is 105 cm³/mol.